The van der Waals surface area contributed by atoms with Crippen LogP contribution in [0.3, 0.4) is 0 Å². The van der Waals surface area contributed by atoms with Crippen molar-refractivity contribution < 1.29 is 15.0 Å². The summed E-state index contributed by atoms with van der Waals surface area (Å²) in [6.07, 6.45) is 1.03. The van der Waals surface area contributed by atoms with Gasteiger partial charge >= 0.3 is 0 Å². The van der Waals surface area contributed by atoms with E-state index >= 15 is 0 Å². The second-order valence-corrected chi connectivity index (χ2v) is 5.76. The summed E-state index contributed by atoms with van der Waals surface area (Å²) in [5, 5.41) is 19.6. The first-order chi connectivity index (χ1) is 8.61. The van der Waals surface area contributed by atoms with E-state index in [0.717, 1.165) is 12.2 Å². The van der Waals surface area contributed by atoms with Gasteiger partial charge in [-0.1, -0.05) is 6.92 Å². The average Bonchev–Trinajstić information content (AvgIpc) is 2.41. The first-order valence-electron chi connectivity index (χ1n) is 6.04. The zero-order valence-corrected chi connectivity index (χ0v) is 11.1. The van der Waals surface area contributed by atoms with Crippen LogP contribution in [0.2, 0.25) is 0 Å². The number of thioether (sulfide) groups is 1. The monoisotopic (exact) mass is 267 g/mol. The fraction of sp³-hybridized carbons (Fsp3) is 0.462. The van der Waals surface area contributed by atoms with Gasteiger partial charge < -0.3 is 15.1 Å². The number of rotatable bonds is 2. The maximum absolute atomic E-state index is 12.3. The van der Waals surface area contributed by atoms with Crippen molar-refractivity contribution in [2.24, 2.45) is 0 Å². The molecule has 98 valence electrons. The zero-order valence-electron chi connectivity index (χ0n) is 10.3. The Morgan fingerprint density at radius 2 is 2.28 bits per heavy atom. The first-order valence-corrected chi connectivity index (χ1v) is 7.09. The molecule has 1 aliphatic heterocycles. The molecule has 1 heterocycles. The fourth-order valence-electron chi connectivity index (χ4n) is 2.02. The Labute approximate surface area is 111 Å². The molecule has 1 fully saturated rings. The van der Waals surface area contributed by atoms with Crippen molar-refractivity contribution in [2.45, 2.75) is 18.6 Å². The molecule has 0 spiro atoms. The minimum absolute atomic E-state index is 0.00502. The summed E-state index contributed by atoms with van der Waals surface area (Å²) >= 11 is 1.88. The molecule has 1 aromatic rings. The lowest BCUT2D eigenvalue weighted by atomic mass is 10.1. The molecule has 2 rings (SSSR count). The molecule has 1 amide bonds. The quantitative estimate of drug-likeness (QED) is 0.805. The van der Waals surface area contributed by atoms with Crippen molar-refractivity contribution in [3.8, 4) is 11.5 Å². The lowest BCUT2D eigenvalue weighted by Gasteiger charge is -2.32. The SMILES string of the molecule is CCC1CN(C(=O)c2cc(O)ccc2O)CCS1. The third-order valence-electron chi connectivity index (χ3n) is 3.09. The predicted molar refractivity (Wildman–Crippen MR) is 72.2 cm³/mol. The molecule has 1 aromatic carbocycles. The van der Waals surface area contributed by atoms with Crippen LogP contribution in [0.15, 0.2) is 18.2 Å². The molecule has 5 heteroatoms. The van der Waals surface area contributed by atoms with Crippen molar-refractivity contribution in [3.63, 3.8) is 0 Å². The van der Waals surface area contributed by atoms with Gasteiger partial charge in [0.15, 0.2) is 0 Å². The van der Waals surface area contributed by atoms with E-state index in [4.69, 9.17) is 0 Å². The Bertz CT molecular complexity index is 450. The minimum atomic E-state index is -0.206. The van der Waals surface area contributed by atoms with Crippen LogP contribution in [0.5, 0.6) is 11.5 Å². The van der Waals surface area contributed by atoms with Crippen LogP contribution in [0.4, 0.5) is 0 Å². The number of phenolic OH excluding ortho intramolecular Hbond substituents is 2. The topological polar surface area (TPSA) is 60.8 Å². The van der Waals surface area contributed by atoms with E-state index in [2.05, 4.69) is 6.92 Å². The third kappa shape index (κ3) is 2.72. The lowest BCUT2D eigenvalue weighted by Crippen LogP contribution is -2.41. The molecule has 1 unspecified atom stereocenters. The first kappa shape index (κ1) is 13.1. The summed E-state index contributed by atoms with van der Waals surface area (Å²) in [5.74, 6) is 0.630. The molecule has 0 saturated carbocycles. The molecule has 0 aliphatic carbocycles. The van der Waals surface area contributed by atoms with Crippen LogP contribution >= 0.6 is 11.8 Å². The molecule has 1 saturated heterocycles. The molecule has 0 aromatic heterocycles. The molecule has 0 radical (unpaired) electrons. The Morgan fingerprint density at radius 1 is 1.50 bits per heavy atom. The molecular formula is C13H17NO3S. The Balaban J connectivity index is 2.17. The maximum atomic E-state index is 12.3. The highest BCUT2D eigenvalue weighted by atomic mass is 32.2. The van der Waals surface area contributed by atoms with Gasteiger partial charge in [-0.3, -0.25) is 4.79 Å². The van der Waals surface area contributed by atoms with Crippen molar-refractivity contribution in [2.75, 3.05) is 18.8 Å². The Morgan fingerprint density at radius 3 is 3.00 bits per heavy atom. The Kier molecular flexibility index (Phi) is 4.01. The van der Waals surface area contributed by atoms with Gasteiger partial charge in [-0.15, -0.1) is 0 Å². The molecule has 2 N–H and O–H groups in total. The van der Waals surface area contributed by atoms with E-state index in [1.54, 1.807) is 4.90 Å². The smallest absolute Gasteiger partial charge is 0.257 e. The number of hydrogen-bond acceptors (Lipinski definition) is 4. The number of carbonyl (C=O) groups excluding carboxylic acids is 1. The number of nitrogens with zero attached hydrogens (tertiary/aromatic N) is 1. The number of benzene rings is 1. The predicted octanol–water partition coefficient (Wildman–Crippen LogP) is 2.07. The van der Waals surface area contributed by atoms with Gasteiger partial charge in [0.1, 0.15) is 11.5 Å². The number of hydrogen-bond donors (Lipinski definition) is 2. The van der Waals surface area contributed by atoms with E-state index in [1.807, 2.05) is 11.8 Å². The summed E-state index contributed by atoms with van der Waals surface area (Å²) in [5.41, 5.74) is 0.178. The van der Waals surface area contributed by atoms with Crippen LogP contribution in [0.1, 0.15) is 23.7 Å². The van der Waals surface area contributed by atoms with Gasteiger partial charge in [-0.2, -0.15) is 11.8 Å². The van der Waals surface area contributed by atoms with E-state index in [-0.39, 0.29) is 23.0 Å². The number of aromatic hydroxyl groups is 2. The summed E-state index contributed by atoms with van der Waals surface area (Å²) in [4.78, 5) is 14.0. The molecule has 18 heavy (non-hydrogen) atoms. The molecule has 0 bridgehead atoms. The molecule has 1 atom stereocenters. The van der Waals surface area contributed by atoms with Gasteiger partial charge in [0.2, 0.25) is 0 Å². The van der Waals surface area contributed by atoms with Crippen LogP contribution in [0.25, 0.3) is 0 Å². The van der Waals surface area contributed by atoms with Gasteiger partial charge in [0.05, 0.1) is 5.56 Å². The number of amides is 1. The van der Waals surface area contributed by atoms with E-state index < -0.39 is 0 Å². The lowest BCUT2D eigenvalue weighted by molar-refractivity contribution is 0.0757. The van der Waals surface area contributed by atoms with Crippen LogP contribution in [-0.4, -0.2) is 45.1 Å². The van der Waals surface area contributed by atoms with Crippen molar-refractivity contribution in [1.82, 2.24) is 4.90 Å². The maximum Gasteiger partial charge on any atom is 0.257 e. The van der Waals surface area contributed by atoms with Gasteiger partial charge in [0, 0.05) is 24.1 Å². The van der Waals surface area contributed by atoms with Crippen LogP contribution < -0.4 is 0 Å². The zero-order chi connectivity index (χ0) is 13.1. The van der Waals surface area contributed by atoms with E-state index in [1.165, 1.54) is 18.2 Å². The molecule has 1 aliphatic rings. The molecule has 4 nitrogen and oxygen atoms in total. The second-order valence-electron chi connectivity index (χ2n) is 4.35. The van der Waals surface area contributed by atoms with E-state index in [0.29, 0.717) is 18.3 Å². The van der Waals surface area contributed by atoms with Gasteiger partial charge in [-0.05, 0) is 24.6 Å². The highest BCUT2D eigenvalue weighted by Gasteiger charge is 2.25. The van der Waals surface area contributed by atoms with Crippen LogP contribution in [0, 0.1) is 0 Å². The van der Waals surface area contributed by atoms with E-state index in [9.17, 15) is 15.0 Å². The minimum Gasteiger partial charge on any atom is -0.508 e. The highest BCUT2D eigenvalue weighted by molar-refractivity contribution is 8.00. The summed E-state index contributed by atoms with van der Waals surface area (Å²) in [7, 11) is 0. The number of phenols is 2. The average molecular weight is 267 g/mol. The molecular weight excluding hydrogens is 250 g/mol. The third-order valence-corrected chi connectivity index (χ3v) is 4.46. The van der Waals surface area contributed by atoms with Gasteiger partial charge in [0.25, 0.3) is 5.91 Å². The fourth-order valence-corrected chi connectivity index (χ4v) is 3.20. The van der Waals surface area contributed by atoms with Crippen LogP contribution in [-0.2, 0) is 0 Å². The summed E-state index contributed by atoms with van der Waals surface area (Å²) in [6, 6.07) is 4.03. The standard InChI is InChI=1S/C13H17NO3S/c1-2-10-8-14(5-6-18-10)13(17)11-7-9(15)3-4-12(11)16/h3-4,7,10,15-16H,2,5-6,8H2,1H3. The van der Waals surface area contributed by atoms with Crippen molar-refractivity contribution in [1.29, 1.82) is 0 Å². The number of carbonyl (C=O) groups is 1. The largest absolute Gasteiger partial charge is 0.508 e. The van der Waals surface area contributed by atoms with Crippen molar-refractivity contribution >= 4 is 17.7 Å². The van der Waals surface area contributed by atoms with Crippen molar-refractivity contribution in [3.05, 3.63) is 23.8 Å². The second kappa shape index (κ2) is 5.52. The normalized spacial score (nSPS) is 19.8. The van der Waals surface area contributed by atoms with Gasteiger partial charge in [-0.25, -0.2) is 0 Å². The summed E-state index contributed by atoms with van der Waals surface area (Å²) < 4.78 is 0. The highest BCUT2D eigenvalue weighted by Crippen LogP contribution is 2.27. The summed E-state index contributed by atoms with van der Waals surface area (Å²) in [6.45, 7) is 3.50. The Hall–Kier alpha value is -1.36.